The molecule has 188 valence electrons. The summed E-state index contributed by atoms with van der Waals surface area (Å²) in [4.78, 5) is 2.38. The van der Waals surface area contributed by atoms with Crippen LogP contribution in [0.2, 0.25) is 0 Å². The summed E-state index contributed by atoms with van der Waals surface area (Å²) < 4.78 is 24.2. The Labute approximate surface area is 196 Å². The van der Waals surface area contributed by atoms with Gasteiger partial charge in [-0.05, 0) is 31.7 Å². The molecule has 1 spiro atoms. The van der Waals surface area contributed by atoms with Crippen molar-refractivity contribution in [2.75, 3.05) is 48.1 Å². The van der Waals surface area contributed by atoms with Gasteiger partial charge in [0.15, 0.2) is 0 Å². The van der Waals surface area contributed by atoms with Gasteiger partial charge in [0.05, 0.1) is 37.1 Å². The molecular formula is C25H41NO7. The van der Waals surface area contributed by atoms with Crippen molar-refractivity contribution in [2.24, 2.45) is 34.5 Å². The van der Waals surface area contributed by atoms with E-state index in [-0.39, 0.29) is 41.4 Å². The zero-order valence-electron chi connectivity index (χ0n) is 20.6. The minimum Gasteiger partial charge on any atom is -0.392 e. The van der Waals surface area contributed by atoms with Gasteiger partial charge < -0.3 is 34.3 Å². The Morgan fingerprint density at radius 1 is 1.06 bits per heavy atom. The molecule has 0 radical (unpaired) electrons. The molecule has 3 N–H and O–H groups in total. The lowest BCUT2D eigenvalue weighted by Gasteiger charge is -2.70. The van der Waals surface area contributed by atoms with Gasteiger partial charge in [-0.15, -0.1) is 0 Å². The number of rotatable bonds is 6. The maximum absolute atomic E-state index is 12.9. The second-order valence-corrected chi connectivity index (χ2v) is 11.9. The molecule has 6 fully saturated rings. The molecule has 13 atom stereocenters. The van der Waals surface area contributed by atoms with Crippen molar-refractivity contribution in [3.8, 4) is 0 Å². The molecule has 1 aliphatic heterocycles. The zero-order chi connectivity index (χ0) is 23.6. The number of piperidine rings is 1. The first-order valence-electron chi connectivity index (χ1n) is 12.7. The maximum atomic E-state index is 12.9. The smallest absolute Gasteiger partial charge is 0.136 e. The second-order valence-electron chi connectivity index (χ2n) is 11.9. The molecule has 0 aromatic rings. The molecule has 0 aromatic heterocycles. The third-order valence-corrected chi connectivity index (χ3v) is 11.5. The third kappa shape index (κ3) is 2.20. The van der Waals surface area contributed by atoms with Gasteiger partial charge in [0.1, 0.15) is 11.2 Å². The highest BCUT2D eigenvalue weighted by Gasteiger charge is 2.91. The average Bonchev–Trinajstić information content (AvgIpc) is 3.16. The first-order valence-corrected chi connectivity index (χ1v) is 12.7. The van der Waals surface area contributed by atoms with Crippen LogP contribution in [0, 0.1) is 34.5 Å². The standard InChI is InChI=1S/C25H41NO7/c1-6-26-11-22(12-30-2)8-7-16(32-4)24-14-9-13-15(31-3)10-23(28,17(14)18(13)27)25(29,21(24)26)20(33-5)19(22)24/h13-21,27-29H,6-12H2,1-5H3/t13-,14?,15?,16-,17?,18?,19?,20?,21-,22-,23+,24+,25+/m1/s1. The number of likely N-dealkylation sites (tertiary alicyclic amines) is 1. The predicted octanol–water partition coefficient (Wildman–Crippen LogP) is 0.271. The largest absolute Gasteiger partial charge is 0.392 e. The number of hydrogen-bond acceptors (Lipinski definition) is 8. The van der Waals surface area contributed by atoms with Gasteiger partial charge in [0.25, 0.3) is 0 Å². The average molecular weight is 468 g/mol. The van der Waals surface area contributed by atoms with Crippen molar-refractivity contribution in [1.29, 1.82) is 0 Å². The molecule has 0 aromatic carbocycles. The van der Waals surface area contributed by atoms with Crippen LogP contribution in [0.25, 0.3) is 0 Å². The Morgan fingerprint density at radius 3 is 2.42 bits per heavy atom. The van der Waals surface area contributed by atoms with Gasteiger partial charge in [0.2, 0.25) is 0 Å². The number of hydrogen-bond donors (Lipinski definition) is 3. The SMILES string of the molecule is CCN1C[C@@]2(COC)CC[C@@H](OC)[C@@]34C5C[C@@H]6C(OC)C[C@](O)(C5C6O)[C@](O)(C(OC)C23)[C@H]14. The first kappa shape index (κ1) is 23.1. The predicted molar refractivity (Wildman–Crippen MR) is 119 cm³/mol. The maximum Gasteiger partial charge on any atom is 0.136 e. The van der Waals surface area contributed by atoms with Crippen LogP contribution < -0.4 is 0 Å². The monoisotopic (exact) mass is 467 g/mol. The van der Waals surface area contributed by atoms with E-state index in [2.05, 4.69) is 11.8 Å². The van der Waals surface area contributed by atoms with Crippen molar-refractivity contribution in [3.63, 3.8) is 0 Å². The van der Waals surface area contributed by atoms with Crippen molar-refractivity contribution in [1.82, 2.24) is 4.90 Å². The highest BCUT2D eigenvalue weighted by molar-refractivity contribution is 5.41. The number of aliphatic hydroxyl groups is 3. The number of ether oxygens (including phenoxy) is 4. The molecule has 33 heavy (non-hydrogen) atoms. The van der Waals surface area contributed by atoms with Crippen LogP contribution in [-0.2, 0) is 18.9 Å². The Kier molecular flexibility index (Phi) is 4.99. The van der Waals surface area contributed by atoms with Crippen LogP contribution in [0.1, 0.15) is 32.6 Å². The first-order chi connectivity index (χ1) is 15.8. The van der Waals surface area contributed by atoms with E-state index in [1.165, 1.54) is 0 Å². The molecule has 8 heteroatoms. The fraction of sp³-hybridized carbons (Fsp3) is 1.00. The van der Waals surface area contributed by atoms with Crippen molar-refractivity contribution >= 4 is 0 Å². The van der Waals surface area contributed by atoms with E-state index in [0.717, 1.165) is 32.4 Å². The summed E-state index contributed by atoms with van der Waals surface area (Å²) in [5, 5.41) is 37.1. The summed E-state index contributed by atoms with van der Waals surface area (Å²) >= 11 is 0. The fourth-order valence-corrected chi connectivity index (χ4v) is 11.0. The van der Waals surface area contributed by atoms with Crippen LogP contribution in [0.4, 0.5) is 0 Å². The van der Waals surface area contributed by atoms with Crippen LogP contribution in [0.5, 0.6) is 0 Å². The van der Waals surface area contributed by atoms with Crippen LogP contribution in [0.3, 0.4) is 0 Å². The van der Waals surface area contributed by atoms with Gasteiger partial charge in [-0.25, -0.2) is 0 Å². The summed E-state index contributed by atoms with van der Waals surface area (Å²) in [6.07, 6.45) is 1.21. The molecule has 1 saturated heterocycles. The van der Waals surface area contributed by atoms with E-state index >= 15 is 0 Å². The van der Waals surface area contributed by atoms with Crippen LogP contribution in [-0.4, -0.2) is 110 Å². The van der Waals surface area contributed by atoms with Crippen LogP contribution >= 0.6 is 0 Å². The van der Waals surface area contributed by atoms with Gasteiger partial charge >= 0.3 is 0 Å². The molecule has 6 unspecified atom stereocenters. The lowest BCUT2D eigenvalue weighted by atomic mass is 9.42. The Bertz CT molecular complexity index is 814. The van der Waals surface area contributed by atoms with Gasteiger partial charge in [-0.2, -0.15) is 0 Å². The topological polar surface area (TPSA) is 101 Å². The summed E-state index contributed by atoms with van der Waals surface area (Å²) in [5.74, 6) is -0.492. The number of nitrogens with zero attached hydrogens (tertiary/aromatic N) is 1. The highest BCUT2D eigenvalue weighted by atomic mass is 16.5. The van der Waals surface area contributed by atoms with E-state index < -0.39 is 34.7 Å². The Balaban J connectivity index is 1.68. The summed E-state index contributed by atoms with van der Waals surface area (Å²) in [5.41, 5.74) is -3.70. The molecule has 1 heterocycles. The molecule has 8 nitrogen and oxygen atoms in total. The van der Waals surface area contributed by atoms with Crippen molar-refractivity contribution in [3.05, 3.63) is 0 Å². The lowest BCUT2D eigenvalue weighted by molar-refractivity contribution is -0.318. The van der Waals surface area contributed by atoms with Gasteiger partial charge in [0, 0.05) is 70.0 Å². The van der Waals surface area contributed by atoms with Gasteiger partial charge in [-0.1, -0.05) is 6.92 Å². The fourth-order valence-electron chi connectivity index (χ4n) is 11.0. The molecule has 6 aliphatic rings. The zero-order valence-corrected chi connectivity index (χ0v) is 20.6. The minimum atomic E-state index is -1.55. The molecule has 5 aliphatic carbocycles. The summed E-state index contributed by atoms with van der Waals surface area (Å²) in [7, 11) is 6.85. The second kappa shape index (κ2) is 7.13. The minimum absolute atomic E-state index is 0.00825. The van der Waals surface area contributed by atoms with Gasteiger partial charge in [-0.3, -0.25) is 4.90 Å². The molecule has 7 bridgehead atoms. The highest BCUT2D eigenvalue weighted by Crippen LogP contribution is 2.80. The number of fused-ring (bicyclic) bond motifs is 2. The number of methoxy groups -OCH3 is 4. The Morgan fingerprint density at radius 2 is 1.82 bits per heavy atom. The Hall–Kier alpha value is -0.320. The van der Waals surface area contributed by atoms with E-state index in [9.17, 15) is 15.3 Å². The van der Waals surface area contributed by atoms with E-state index in [1.54, 1.807) is 28.4 Å². The lowest BCUT2D eigenvalue weighted by Crippen LogP contribution is -2.82. The van der Waals surface area contributed by atoms with Crippen molar-refractivity contribution < 1.29 is 34.3 Å². The van der Waals surface area contributed by atoms with Crippen molar-refractivity contribution in [2.45, 2.75) is 74.3 Å². The quantitative estimate of drug-likeness (QED) is 0.512. The normalized spacial score (nSPS) is 60.9. The summed E-state index contributed by atoms with van der Waals surface area (Å²) in [6, 6.07) is -0.312. The number of aliphatic hydroxyl groups excluding tert-OH is 1. The van der Waals surface area contributed by atoms with E-state index in [4.69, 9.17) is 18.9 Å². The molecular weight excluding hydrogens is 426 g/mol. The van der Waals surface area contributed by atoms with E-state index in [0.29, 0.717) is 13.0 Å². The number of likely N-dealkylation sites (N-methyl/N-ethyl adjacent to an activating group) is 1. The molecule has 0 amide bonds. The third-order valence-electron chi connectivity index (χ3n) is 11.5. The summed E-state index contributed by atoms with van der Waals surface area (Å²) in [6.45, 7) is 4.28. The van der Waals surface area contributed by atoms with E-state index in [1.807, 2.05) is 0 Å². The van der Waals surface area contributed by atoms with Crippen LogP contribution in [0.15, 0.2) is 0 Å². The molecule has 5 saturated carbocycles. The molecule has 6 rings (SSSR count).